The molecule has 104 valence electrons. The Morgan fingerprint density at radius 1 is 1.47 bits per heavy atom. The van der Waals surface area contributed by atoms with Crippen LogP contribution in [0.3, 0.4) is 0 Å². The van der Waals surface area contributed by atoms with Gasteiger partial charge in [0, 0.05) is 6.04 Å². The Kier molecular flexibility index (Phi) is 5.46. The summed E-state index contributed by atoms with van der Waals surface area (Å²) in [6.07, 6.45) is 4.97. The van der Waals surface area contributed by atoms with Crippen LogP contribution in [0.2, 0.25) is 0 Å². The van der Waals surface area contributed by atoms with Crippen LogP contribution in [0.4, 0.5) is 0 Å². The van der Waals surface area contributed by atoms with E-state index in [4.69, 9.17) is 4.74 Å². The van der Waals surface area contributed by atoms with Crippen molar-refractivity contribution in [2.24, 2.45) is 0 Å². The smallest absolute Gasteiger partial charge is 0.134 e. The van der Waals surface area contributed by atoms with Crippen LogP contribution in [0.15, 0.2) is 34.8 Å². The predicted molar refractivity (Wildman–Crippen MR) is 83.8 cm³/mol. The molecule has 0 saturated carbocycles. The highest BCUT2D eigenvalue weighted by atomic mass is 79.9. The van der Waals surface area contributed by atoms with Crippen molar-refractivity contribution in [3.8, 4) is 5.75 Å². The van der Waals surface area contributed by atoms with Gasteiger partial charge in [-0.2, -0.15) is 0 Å². The summed E-state index contributed by atoms with van der Waals surface area (Å²) >= 11 is 3.68. The fourth-order valence-electron chi connectivity index (χ4n) is 2.39. The zero-order valence-electron chi connectivity index (χ0n) is 11.5. The van der Waals surface area contributed by atoms with Gasteiger partial charge in [-0.15, -0.1) is 0 Å². The highest BCUT2D eigenvalue weighted by Gasteiger charge is 2.15. The molecule has 1 saturated heterocycles. The molecule has 1 unspecified atom stereocenters. The highest BCUT2D eigenvalue weighted by molar-refractivity contribution is 9.10. The molecule has 1 fully saturated rings. The van der Waals surface area contributed by atoms with Gasteiger partial charge in [-0.1, -0.05) is 25.1 Å². The minimum Gasteiger partial charge on any atom is -0.488 e. The summed E-state index contributed by atoms with van der Waals surface area (Å²) in [5, 5.41) is 3.59. The molecule has 0 spiro atoms. The van der Waals surface area contributed by atoms with Crippen LogP contribution in [0, 0.1) is 0 Å². The fourth-order valence-corrected chi connectivity index (χ4v) is 2.93. The van der Waals surface area contributed by atoms with Crippen molar-refractivity contribution >= 4 is 15.9 Å². The Morgan fingerprint density at radius 2 is 2.32 bits per heavy atom. The van der Waals surface area contributed by atoms with Crippen molar-refractivity contribution < 1.29 is 4.74 Å². The molecule has 1 atom stereocenters. The van der Waals surface area contributed by atoms with Gasteiger partial charge >= 0.3 is 0 Å². The third kappa shape index (κ3) is 4.36. The summed E-state index contributed by atoms with van der Waals surface area (Å²) in [5.74, 6) is 0.913. The first-order valence-electron chi connectivity index (χ1n) is 6.95. The van der Waals surface area contributed by atoms with Gasteiger partial charge in [0.15, 0.2) is 0 Å². The Labute approximate surface area is 124 Å². The van der Waals surface area contributed by atoms with E-state index >= 15 is 0 Å². The van der Waals surface area contributed by atoms with Crippen molar-refractivity contribution in [1.82, 2.24) is 5.32 Å². The van der Waals surface area contributed by atoms with Crippen LogP contribution < -0.4 is 10.1 Å². The van der Waals surface area contributed by atoms with Crippen molar-refractivity contribution in [3.05, 3.63) is 40.4 Å². The largest absolute Gasteiger partial charge is 0.488 e. The molecule has 0 bridgehead atoms. The van der Waals surface area contributed by atoms with Crippen molar-refractivity contribution in [2.75, 3.05) is 13.2 Å². The zero-order valence-corrected chi connectivity index (χ0v) is 13.1. The number of hydrogen-bond acceptors (Lipinski definition) is 2. The standard InChI is InChI=1S/C16H22BrNO/c1-12(2)11-19-15-8-5-6-13(16(15)17)10-14-7-3-4-9-18-14/h5-6,8,14,18H,1,3-4,7,9-11H2,2H3. The quantitative estimate of drug-likeness (QED) is 0.824. The van der Waals surface area contributed by atoms with Gasteiger partial charge < -0.3 is 10.1 Å². The molecule has 2 nitrogen and oxygen atoms in total. The maximum absolute atomic E-state index is 5.76. The Hall–Kier alpha value is -0.800. The van der Waals surface area contributed by atoms with Gasteiger partial charge in [-0.3, -0.25) is 0 Å². The predicted octanol–water partition coefficient (Wildman–Crippen LogP) is 4.09. The first-order valence-corrected chi connectivity index (χ1v) is 7.74. The number of halogens is 1. The first kappa shape index (κ1) is 14.6. The second-order valence-electron chi connectivity index (χ2n) is 5.33. The van der Waals surface area contributed by atoms with Gasteiger partial charge in [0.05, 0.1) is 4.47 Å². The molecule has 19 heavy (non-hydrogen) atoms. The minimum atomic E-state index is 0.573. The summed E-state index contributed by atoms with van der Waals surface area (Å²) in [4.78, 5) is 0. The summed E-state index contributed by atoms with van der Waals surface area (Å²) in [7, 11) is 0. The number of benzene rings is 1. The molecule has 1 aromatic carbocycles. The van der Waals surface area contributed by atoms with E-state index in [1.54, 1.807) is 0 Å². The lowest BCUT2D eigenvalue weighted by Crippen LogP contribution is -2.35. The summed E-state index contributed by atoms with van der Waals surface area (Å²) in [6, 6.07) is 6.84. The van der Waals surface area contributed by atoms with Crippen LogP contribution in [-0.2, 0) is 6.42 Å². The zero-order chi connectivity index (χ0) is 13.7. The molecule has 0 radical (unpaired) electrons. The molecule has 1 aliphatic rings. The average molecular weight is 324 g/mol. The lowest BCUT2D eigenvalue weighted by Gasteiger charge is -2.24. The van der Waals surface area contributed by atoms with E-state index in [-0.39, 0.29) is 0 Å². The third-order valence-corrected chi connectivity index (χ3v) is 4.30. The SMILES string of the molecule is C=C(C)COc1cccc(CC2CCCCN2)c1Br. The number of piperidine rings is 1. The Bertz CT molecular complexity index is 438. The second-order valence-corrected chi connectivity index (χ2v) is 6.12. The van der Waals surface area contributed by atoms with E-state index in [0.717, 1.165) is 28.8 Å². The minimum absolute atomic E-state index is 0.573. The summed E-state index contributed by atoms with van der Waals surface area (Å²) in [5.41, 5.74) is 2.35. The number of ether oxygens (including phenoxy) is 1. The molecule has 1 aliphatic heterocycles. The van der Waals surface area contributed by atoms with Crippen LogP contribution in [0.5, 0.6) is 5.75 Å². The van der Waals surface area contributed by atoms with Crippen LogP contribution in [-0.4, -0.2) is 19.2 Å². The molecular weight excluding hydrogens is 302 g/mol. The molecule has 1 heterocycles. The van der Waals surface area contributed by atoms with Crippen LogP contribution >= 0.6 is 15.9 Å². The molecular formula is C16H22BrNO. The van der Waals surface area contributed by atoms with Gasteiger partial charge in [0.2, 0.25) is 0 Å². The molecule has 2 rings (SSSR count). The number of hydrogen-bond donors (Lipinski definition) is 1. The van der Waals surface area contributed by atoms with E-state index in [1.807, 2.05) is 13.0 Å². The molecule has 3 heteroatoms. The first-order chi connectivity index (χ1) is 9.16. The third-order valence-electron chi connectivity index (χ3n) is 3.40. The van der Waals surface area contributed by atoms with Crippen molar-refractivity contribution in [2.45, 2.75) is 38.6 Å². The van der Waals surface area contributed by atoms with Gasteiger partial charge in [-0.05, 0) is 65.9 Å². The van der Waals surface area contributed by atoms with Crippen molar-refractivity contribution in [1.29, 1.82) is 0 Å². The van der Waals surface area contributed by atoms with Crippen molar-refractivity contribution in [3.63, 3.8) is 0 Å². The van der Waals surface area contributed by atoms with Gasteiger partial charge in [0.1, 0.15) is 12.4 Å². The monoisotopic (exact) mass is 323 g/mol. The molecule has 0 amide bonds. The maximum atomic E-state index is 5.76. The van der Waals surface area contributed by atoms with E-state index in [1.165, 1.54) is 24.8 Å². The molecule has 0 aliphatic carbocycles. The highest BCUT2D eigenvalue weighted by Crippen LogP contribution is 2.30. The number of nitrogens with one attached hydrogen (secondary N) is 1. The number of rotatable bonds is 5. The molecule has 1 N–H and O–H groups in total. The van der Waals surface area contributed by atoms with Gasteiger partial charge in [0.25, 0.3) is 0 Å². The molecule has 1 aromatic rings. The lowest BCUT2D eigenvalue weighted by atomic mass is 9.98. The van der Waals surface area contributed by atoms with Gasteiger partial charge in [-0.25, -0.2) is 0 Å². The Morgan fingerprint density at radius 3 is 3.00 bits per heavy atom. The normalized spacial score (nSPS) is 19.2. The second kappa shape index (κ2) is 7.11. The Balaban J connectivity index is 2.03. The fraction of sp³-hybridized carbons (Fsp3) is 0.500. The maximum Gasteiger partial charge on any atom is 0.134 e. The summed E-state index contributed by atoms with van der Waals surface area (Å²) in [6.45, 7) is 7.56. The topological polar surface area (TPSA) is 21.3 Å². The van der Waals surface area contributed by atoms with E-state index in [2.05, 4.69) is 40.0 Å². The summed E-state index contributed by atoms with van der Waals surface area (Å²) < 4.78 is 6.85. The lowest BCUT2D eigenvalue weighted by molar-refractivity contribution is 0.349. The average Bonchev–Trinajstić information content (AvgIpc) is 2.41. The van der Waals surface area contributed by atoms with E-state index in [0.29, 0.717) is 12.6 Å². The van der Waals surface area contributed by atoms with E-state index < -0.39 is 0 Å². The van der Waals surface area contributed by atoms with Crippen LogP contribution in [0.1, 0.15) is 31.7 Å². The van der Waals surface area contributed by atoms with E-state index in [9.17, 15) is 0 Å². The van der Waals surface area contributed by atoms with Crippen LogP contribution in [0.25, 0.3) is 0 Å². The molecule has 0 aromatic heterocycles.